The predicted octanol–water partition coefficient (Wildman–Crippen LogP) is 3.51. The van der Waals surface area contributed by atoms with E-state index in [1.807, 2.05) is 12.1 Å². The number of aromatic amines is 1. The lowest BCUT2D eigenvalue weighted by molar-refractivity contribution is 0.0546. The van der Waals surface area contributed by atoms with Gasteiger partial charge >= 0.3 is 0 Å². The van der Waals surface area contributed by atoms with Crippen LogP contribution in [-0.4, -0.2) is 57.4 Å². The van der Waals surface area contributed by atoms with E-state index in [4.69, 9.17) is 23.1 Å². The number of H-pyrrole nitrogens is 1. The summed E-state index contributed by atoms with van der Waals surface area (Å²) in [4.78, 5) is 36.4. The number of piperidine rings is 1. The first-order valence-electron chi connectivity index (χ1n) is 12.8. The van der Waals surface area contributed by atoms with E-state index in [0.29, 0.717) is 17.8 Å². The summed E-state index contributed by atoms with van der Waals surface area (Å²) in [5.41, 5.74) is 12.5. The molecule has 2 fully saturated rings. The molecule has 0 spiro atoms. The monoisotopic (exact) mass is 500 g/mol. The summed E-state index contributed by atoms with van der Waals surface area (Å²) in [5, 5.41) is 0.775. The summed E-state index contributed by atoms with van der Waals surface area (Å²) >= 11 is 6.03. The third-order valence-electron chi connectivity index (χ3n) is 7.66. The smallest absolute Gasteiger partial charge is 0.270 e. The van der Waals surface area contributed by atoms with Crippen LogP contribution >= 0.6 is 11.6 Å². The molecule has 1 amide bonds. The number of likely N-dealkylation sites (tertiary alicyclic amines) is 2. The number of nitrogen functional groups attached to an aromatic ring is 1. The van der Waals surface area contributed by atoms with Crippen LogP contribution in [0.25, 0.3) is 0 Å². The number of nitrogens with zero attached hydrogens (tertiary/aromatic N) is 3. The van der Waals surface area contributed by atoms with E-state index >= 15 is 0 Å². The Labute approximate surface area is 212 Å². The molecular formula is C26H37ClN6O2. The maximum Gasteiger partial charge on any atom is 0.270 e. The molecule has 5 N–H and O–H groups in total. The van der Waals surface area contributed by atoms with Gasteiger partial charge in [0.15, 0.2) is 5.82 Å². The Hall–Kier alpha value is -2.42. The molecule has 1 aromatic heterocycles. The number of amides is 1. The highest BCUT2D eigenvalue weighted by atomic mass is 35.5. The van der Waals surface area contributed by atoms with E-state index in [2.05, 4.69) is 38.8 Å². The van der Waals surface area contributed by atoms with Gasteiger partial charge in [-0.3, -0.25) is 19.4 Å². The quantitative estimate of drug-likeness (QED) is 0.558. The molecule has 2 unspecified atom stereocenters. The van der Waals surface area contributed by atoms with Crippen LogP contribution in [0.1, 0.15) is 79.5 Å². The molecule has 2 aliphatic rings. The minimum absolute atomic E-state index is 0.00660. The lowest BCUT2D eigenvalue weighted by Gasteiger charge is -2.44. The van der Waals surface area contributed by atoms with E-state index < -0.39 is 5.91 Å². The van der Waals surface area contributed by atoms with Gasteiger partial charge in [0.1, 0.15) is 11.4 Å². The summed E-state index contributed by atoms with van der Waals surface area (Å²) in [7, 11) is 0. The second kappa shape index (κ2) is 11.5. The van der Waals surface area contributed by atoms with Crippen LogP contribution in [0.5, 0.6) is 0 Å². The van der Waals surface area contributed by atoms with Crippen LogP contribution < -0.4 is 17.0 Å². The third-order valence-corrected chi connectivity index (χ3v) is 7.91. The molecular weight excluding hydrogens is 464 g/mol. The standard InChI is InChI=1S/C26H37ClN6O2/c1-2-20-15-18(22-26(35)31-23(25(29)34)24(28)30-22)5-3-4-12-33(20)21-10-13-32(14-11-21)16-17-6-8-19(27)9-7-17/h6-9,18,20-21H,2-5,10-16H2,1H3,(H2,28,30)(H2,29,34)(H,31,35). The molecule has 9 heteroatoms. The fourth-order valence-electron chi connectivity index (χ4n) is 5.78. The zero-order chi connectivity index (χ0) is 24.9. The van der Waals surface area contributed by atoms with Gasteiger partial charge in [0.05, 0.1) is 0 Å². The Morgan fingerprint density at radius 1 is 1.14 bits per heavy atom. The van der Waals surface area contributed by atoms with Crippen LogP contribution in [0.3, 0.4) is 0 Å². The second-order valence-electron chi connectivity index (χ2n) is 9.94. The van der Waals surface area contributed by atoms with Crippen LogP contribution in [0.2, 0.25) is 5.02 Å². The number of nitrogens with two attached hydrogens (primary N) is 2. The van der Waals surface area contributed by atoms with Crippen LogP contribution in [-0.2, 0) is 6.54 Å². The van der Waals surface area contributed by atoms with Crippen LogP contribution in [0.15, 0.2) is 29.1 Å². The lowest BCUT2D eigenvalue weighted by Crippen LogP contribution is -2.50. The Kier molecular flexibility index (Phi) is 8.46. The first kappa shape index (κ1) is 25.7. The fraction of sp³-hybridized carbons (Fsp3) is 0.577. The number of rotatable bonds is 6. The Bertz CT molecular complexity index is 1060. The number of benzene rings is 1. The number of aromatic nitrogens is 2. The molecule has 2 aromatic rings. The molecule has 0 aliphatic carbocycles. The van der Waals surface area contributed by atoms with Crippen molar-refractivity contribution in [3.63, 3.8) is 0 Å². The third kappa shape index (κ3) is 6.23. The molecule has 0 saturated carbocycles. The average molecular weight is 501 g/mol. The van der Waals surface area contributed by atoms with Crippen molar-refractivity contribution < 1.29 is 4.79 Å². The van der Waals surface area contributed by atoms with Crippen molar-refractivity contribution in [2.75, 3.05) is 25.4 Å². The number of hydrogen-bond donors (Lipinski definition) is 3. The van der Waals surface area contributed by atoms with Crippen molar-refractivity contribution >= 4 is 23.3 Å². The number of carbonyl (C=O) groups excluding carboxylic acids is 1. The maximum absolute atomic E-state index is 12.8. The van der Waals surface area contributed by atoms with Crippen molar-refractivity contribution in [2.45, 2.75) is 76.4 Å². The minimum Gasteiger partial charge on any atom is -0.382 e. The topological polar surface area (TPSA) is 121 Å². The first-order chi connectivity index (χ1) is 16.9. The van der Waals surface area contributed by atoms with Gasteiger partial charge in [-0.05, 0) is 75.9 Å². The van der Waals surface area contributed by atoms with Gasteiger partial charge in [-0.2, -0.15) is 0 Å². The highest BCUT2D eigenvalue weighted by Crippen LogP contribution is 2.33. The molecule has 2 atom stereocenters. The maximum atomic E-state index is 12.8. The van der Waals surface area contributed by atoms with E-state index in [-0.39, 0.29) is 23.0 Å². The van der Waals surface area contributed by atoms with Gasteiger partial charge in [-0.1, -0.05) is 37.1 Å². The SMILES string of the molecule is CCC1CC(c2nc(N)c(C(N)=O)[nH]c2=O)CCCCN1C1CCN(Cc2ccc(Cl)cc2)CC1. The number of nitrogens with one attached hydrogen (secondary N) is 1. The largest absolute Gasteiger partial charge is 0.382 e. The molecule has 4 rings (SSSR count). The van der Waals surface area contributed by atoms with Crippen molar-refractivity contribution in [3.8, 4) is 0 Å². The van der Waals surface area contributed by atoms with Crippen LogP contribution in [0, 0.1) is 0 Å². The summed E-state index contributed by atoms with van der Waals surface area (Å²) in [5.74, 6) is -0.746. The Morgan fingerprint density at radius 3 is 2.51 bits per heavy atom. The van der Waals surface area contributed by atoms with Gasteiger partial charge in [-0.15, -0.1) is 0 Å². The summed E-state index contributed by atoms with van der Waals surface area (Å²) < 4.78 is 0. The molecule has 2 saturated heterocycles. The van der Waals surface area contributed by atoms with Gasteiger partial charge in [-0.25, -0.2) is 4.98 Å². The highest BCUT2D eigenvalue weighted by Gasteiger charge is 2.33. The van der Waals surface area contributed by atoms with E-state index in [1.165, 1.54) is 5.56 Å². The van der Waals surface area contributed by atoms with Crippen LogP contribution in [0.4, 0.5) is 5.82 Å². The molecule has 3 heterocycles. The first-order valence-corrected chi connectivity index (χ1v) is 13.2. The van der Waals surface area contributed by atoms with Gasteiger partial charge in [0.2, 0.25) is 0 Å². The number of anilines is 1. The van der Waals surface area contributed by atoms with E-state index in [0.717, 1.165) is 76.1 Å². The number of halogens is 1. The van der Waals surface area contributed by atoms with Gasteiger partial charge in [0.25, 0.3) is 11.5 Å². The normalized spacial score (nSPS) is 23.0. The Balaban J connectivity index is 1.43. The Morgan fingerprint density at radius 2 is 1.86 bits per heavy atom. The minimum atomic E-state index is -0.767. The van der Waals surface area contributed by atoms with Crippen molar-refractivity contribution in [3.05, 3.63) is 56.6 Å². The highest BCUT2D eigenvalue weighted by molar-refractivity contribution is 6.30. The number of hydrogen-bond acceptors (Lipinski definition) is 6. The summed E-state index contributed by atoms with van der Waals surface area (Å²) in [6.07, 6.45) is 7.22. The lowest BCUT2D eigenvalue weighted by atomic mass is 9.86. The predicted molar refractivity (Wildman–Crippen MR) is 140 cm³/mol. The van der Waals surface area contributed by atoms with Crippen molar-refractivity contribution in [2.24, 2.45) is 5.73 Å². The number of primary amides is 1. The van der Waals surface area contributed by atoms with Crippen molar-refractivity contribution in [1.29, 1.82) is 0 Å². The number of carbonyl (C=O) groups is 1. The van der Waals surface area contributed by atoms with Gasteiger partial charge < -0.3 is 16.5 Å². The molecule has 8 nitrogen and oxygen atoms in total. The summed E-state index contributed by atoms with van der Waals surface area (Å²) in [6, 6.07) is 9.07. The average Bonchev–Trinajstić information content (AvgIpc) is 2.83. The second-order valence-corrected chi connectivity index (χ2v) is 10.4. The zero-order valence-corrected chi connectivity index (χ0v) is 21.3. The van der Waals surface area contributed by atoms with Gasteiger partial charge in [0, 0.05) is 29.6 Å². The molecule has 190 valence electrons. The molecule has 2 aliphatic heterocycles. The molecule has 35 heavy (non-hydrogen) atoms. The fourth-order valence-corrected chi connectivity index (χ4v) is 5.91. The molecule has 0 bridgehead atoms. The van der Waals surface area contributed by atoms with E-state index in [9.17, 15) is 9.59 Å². The zero-order valence-electron chi connectivity index (χ0n) is 20.5. The molecule has 1 aromatic carbocycles. The summed E-state index contributed by atoms with van der Waals surface area (Å²) in [6.45, 7) is 6.44. The van der Waals surface area contributed by atoms with Crippen molar-refractivity contribution in [1.82, 2.24) is 19.8 Å². The molecule has 0 radical (unpaired) electrons. The van der Waals surface area contributed by atoms with E-state index in [1.54, 1.807) is 0 Å².